The number of nitrogens with one attached hydrogen (secondary N) is 4. The lowest BCUT2D eigenvalue weighted by atomic mass is 9.99. The number of benzene rings is 2. The number of ether oxygens (including phenoxy) is 1. The van der Waals surface area contributed by atoms with Crippen molar-refractivity contribution >= 4 is 23.7 Å². The molecule has 0 saturated heterocycles. The van der Waals surface area contributed by atoms with Gasteiger partial charge in [0.2, 0.25) is 11.8 Å². The molecule has 0 aliphatic rings. The smallest absolute Gasteiger partial charge is 0.322 e. The molecule has 0 aromatic heterocycles. The van der Waals surface area contributed by atoms with Gasteiger partial charge >= 0.3 is 5.97 Å². The number of hydrogen-bond acceptors (Lipinski definition) is 7. The second kappa shape index (κ2) is 15.4. The molecule has 0 spiro atoms. The lowest BCUT2D eigenvalue weighted by Crippen LogP contribution is -2.56. The molecule has 0 heterocycles. The summed E-state index contributed by atoms with van der Waals surface area (Å²) in [5, 5.41) is 20.7. The Balaban J connectivity index is 2.11. The number of carbonyl (C=O) groups is 4. The van der Waals surface area contributed by atoms with Crippen LogP contribution in [0.3, 0.4) is 0 Å². The minimum atomic E-state index is -0.866. The van der Waals surface area contributed by atoms with E-state index < -0.39 is 30.0 Å². The van der Waals surface area contributed by atoms with E-state index in [9.17, 15) is 24.3 Å². The fourth-order valence-electron chi connectivity index (χ4n) is 3.92. The molecular formula is C28H38N4O6. The van der Waals surface area contributed by atoms with Gasteiger partial charge in [0.05, 0.1) is 13.2 Å². The van der Waals surface area contributed by atoms with Crippen LogP contribution >= 0.6 is 0 Å². The van der Waals surface area contributed by atoms with Gasteiger partial charge in [-0.05, 0) is 48.6 Å². The Morgan fingerprint density at radius 2 is 1.55 bits per heavy atom. The van der Waals surface area contributed by atoms with Gasteiger partial charge < -0.3 is 25.8 Å². The number of esters is 1. The average Bonchev–Trinajstić information content (AvgIpc) is 2.91. The molecule has 0 saturated carbocycles. The summed E-state index contributed by atoms with van der Waals surface area (Å²) < 4.78 is 4.94. The molecule has 0 radical (unpaired) electrons. The number of phenols is 1. The van der Waals surface area contributed by atoms with Gasteiger partial charge in [-0.1, -0.05) is 44.2 Å². The summed E-state index contributed by atoms with van der Waals surface area (Å²) in [5.41, 5.74) is 1.26. The van der Waals surface area contributed by atoms with Crippen molar-refractivity contribution in [3.8, 4) is 5.75 Å². The van der Waals surface area contributed by atoms with E-state index in [-0.39, 0.29) is 42.9 Å². The van der Waals surface area contributed by atoms with E-state index in [4.69, 9.17) is 4.74 Å². The Kier molecular flexibility index (Phi) is 12.2. The number of carbonyl (C=O) groups excluding carboxylic acids is 4. The second-order valence-corrected chi connectivity index (χ2v) is 9.38. The molecule has 0 unspecified atom stereocenters. The summed E-state index contributed by atoms with van der Waals surface area (Å²) in [5.74, 6) is -1.44. The van der Waals surface area contributed by atoms with Gasteiger partial charge in [-0.15, -0.1) is 0 Å². The number of hydrogen-bond donors (Lipinski definition) is 5. The van der Waals surface area contributed by atoms with E-state index in [2.05, 4.69) is 21.3 Å². The molecule has 0 aliphatic heterocycles. The minimum Gasteiger partial charge on any atom is -0.508 e. The zero-order valence-electron chi connectivity index (χ0n) is 22.3. The first-order valence-corrected chi connectivity index (χ1v) is 12.6. The van der Waals surface area contributed by atoms with Crippen LogP contribution in [0.15, 0.2) is 54.6 Å². The number of likely N-dealkylation sites (N-methyl/N-ethyl adjacent to an activating group) is 1. The zero-order valence-corrected chi connectivity index (χ0v) is 22.3. The van der Waals surface area contributed by atoms with Gasteiger partial charge in [0, 0.05) is 25.6 Å². The van der Waals surface area contributed by atoms with E-state index in [1.54, 1.807) is 36.4 Å². The third-order valence-electron chi connectivity index (χ3n) is 5.92. The first-order valence-electron chi connectivity index (χ1n) is 12.6. The van der Waals surface area contributed by atoms with Crippen molar-refractivity contribution < 1.29 is 29.0 Å². The molecular weight excluding hydrogens is 488 g/mol. The molecule has 206 valence electrons. The van der Waals surface area contributed by atoms with E-state index in [0.29, 0.717) is 12.0 Å². The van der Waals surface area contributed by atoms with E-state index >= 15 is 0 Å². The maximum absolute atomic E-state index is 13.4. The van der Waals surface area contributed by atoms with Gasteiger partial charge in [-0.25, -0.2) is 0 Å². The van der Waals surface area contributed by atoms with E-state index in [0.717, 1.165) is 5.56 Å². The van der Waals surface area contributed by atoms with Crippen LogP contribution in [0.2, 0.25) is 0 Å². The molecule has 10 heteroatoms. The van der Waals surface area contributed by atoms with Crippen molar-refractivity contribution in [2.45, 2.75) is 51.2 Å². The lowest BCUT2D eigenvalue weighted by molar-refractivity contribution is -0.144. The quantitative estimate of drug-likeness (QED) is 0.235. The fraction of sp³-hybridized carbons (Fsp3) is 0.429. The molecule has 2 aromatic rings. The monoisotopic (exact) mass is 526 g/mol. The third-order valence-corrected chi connectivity index (χ3v) is 5.92. The molecule has 0 aliphatic carbocycles. The van der Waals surface area contributed by atoms with Gasteiger partial charge in [0.25, 0.3) is 5.91 Å². The largest absolute Gasteiger partial charge is 0.508 e. The molecule has 10 nitrogen and oxygen atoms in total. The van der Waals surface area contributed by atoms with Gasteiger partial charge in [-0.2, -0.15) is 0 Å². The van der Waals surface area contributed by atoms with Crippen molar-refractivity contribution in [3.63, 3.8) is 0 Å². The number of amides is 3. The number of rotatable bonds is 14. The summed E-state index contributed by atoms with van der Waals surface area (Å²) in [7, 11) is 2.75. The van der Waals surface area contributed by atoms with Crippen molar-refractivity contribution in [1.29, 1.82) is 0 Å². The first kappa shape index (κ1) is 30.3. The standard InChI is InChI=1S/C28H38N4O6/c1-18(2)16-23(27(36)32-24(26(35)29-3)17-19-10-12-21(33)13-11-19)31-22(28(37)38-4)14-15-30-25(34)20-8-6-5-7-9-20/h5-13,18,22-24,31,33H,14-17H2,1-4H3,(H,29,35)(H,30,34)(H,32,36)/t22-,23+,24+/m1/s1. The highest BCUT2D eigenvalue weighted by atomic mass is 16.5. The highest BCUT2D eigenvalue weighted by Crippen LogP contribution is 2.13. The average molecular weight is 527 g/mol. The minimum absolute atomic E-state index is 0.101. The summed E-state index contributed by atoms with van der Waals surface area (Å²) >= 11 is 0. The fourth-order valence-corrected chi connectivity index (χ4v) is 3.92. The Hall–Kier alpha value is -3.92. The van der Waals surface area contributed by atoms with Gasteiger partial charge in [0.1, 0.15) is 17.8 Å². The van der Waals surface area contributed by atoms with Crippen molar-refractivity contribution in [1.82, 2.24) is 21.3 Å². The Bertz CT molecular complexity index is 1060. The van der Waals surface area contributed by atoms with E-state index in [1.807, 2.05) is 19.9 Å². The van der Waals surface area contributed by atoms with Gasteiger partial charge in [-0.3, -0.25) is 24.5 Å². The van der Waals surface area contributed by atoms with Crippen LogP contribution in [0.1, 0.15) is 42.6 Å². The predicted molar refractivity (Wildman–Crippen MR) is 143 cm³/mol. The Morgan fingerprint density at radius 1 is 0.895 bits per heavy atom. The van der Waals surface area contributed by atoms with Crippen LogP contribution in [0.5, 0.6) is 5.75 Å². The van der Waals surface area contributed by atoms with E-state index in [1.165, 1.54) is 26.3 Å². The summed E-state index contributed by atoms with van der Waals surface area (Å²) in [6.45, 7) is 4.07. The summed E-state index contributed by atoms with van der Waals surface area (Å²) in [6, 6.07) is 12.6. The molecule has 38 heavy (non-hydrogen) atoms. The van der Waals surface area contributed by atoms with Gasteiger partial charge in [0.15, 0.2) is 0 Å². The zero-order chi connectivity index (χ0) is 28.1. The molecule has 3 atom stereocenters. The molecule has 5 N–H and O–H groups in total. The van der Waals surface area contributed by atoms with Crippen molar-refractivity contribution in [2.24, 2.45) is 5.92 Å². The summed E-state index contributed by atoms with van der Waals surface area (Å²) in [6.07, 6.45) is 0.806. The SMILES string of the molecule is CNC(=O)[C@H](Cc1ccc(O)cc1)NC(=O)[C@H](CC(C)C)N[C@H](CCNC(=O)c1ccccc1)C(=O)OC. The predicted octanol–water partition coefficient (Wildman–Crippen LogP) is 1.53. The number of methoxy groups -OCH3 is 1. The highest BCUT2D eigenvalue weighted by Gasteiger charge is 2.30. The van der Waals surface area contributed by atoms with Crippen LogP contribution in [-0.2, 0) is 25.5 Å². The van der Waals surface area contributed by atoms with Crippen molar-refractivity contribution in [3.05, 3.63) is 65.7 Å². The van der Waals surface area contributed by atoms with Crippen LogP contribution in [0.4, 0.5) is 0 Å². The molecule has 0 bridgehead atoms. The Labute approximate surface area is 223 Å². The summed E-state index contributed by atoms with van der Waals surface area (Å²) in [4.78, 5) is 50.8. The second-order valence-electron chi connectivity index (χ2n) is 9.38. The van der Waals surface area contributed by atoms with Crippen molar-refractivity contribution in [2.75, 3.05) is 20.7 Å². The lowest BCUT2D eigenvalue weighted by Gasteiger charge is -2.27. The Morgan fingerprint density at radius 3 is 2.13 bits per heavy atom. The molecule has 3 amide bonds. The highest BCUT2D eigenvalue weighted by molar-refractivity contribution is 5.94. The maximum Gasteiger partial charge on any atom is 0.322 e. The van der Waals surface area contributed by atoms with Crippen LogP contribution in [-0.4, -0.2) is 67.6 Å². The maximum atomic E-state index is 13.4. The van der Waals surface area contributed by atoms with Crippen LogP contribution < -0.4 is 21.3 Å². The topological polar surface area (TPSA) is 146 Å². The first-order chi connectivity index (χ1) is 18.1. The van der Waals surface area contributed by atoms with Crippen LogP contribution in [0, 0.1) is 5.92 Å². The molecule has 2 aromatic carbocycles. The molecule has 0 fully saturated rings. The number of phenolic OH excluding ortho intramolecular Hbond substituents is 1. The van der Waals surface area contributed by atoms with Crippen LogP contribution in [0.25, 0.3) is 0 Å². The number of aromatic hydroxyl groups is 1. The normalized spacial score (nSPS) is 13.2. The third kappa shape index (κ3) is 9.85. The molecule has 2 rings (SSSR count).